The van der Waals surface area contributed by atoms with Gasteiger partial charge in [0.05, 0.1) is 6.04 Å². The molecule has 1 saturated heterocycles. The molecule has 2 aromatic rings. The number of hydrogen-bond acceptors (Lipinski definition) is 4. The van der Waals surface area contributed by atoms with Crippen LogP contribution in [0.25, 0.3) is 0 Å². The van der Waals surface area contributed by atoms with Gasteiger partial charge in [-0.15, -0.1) is 11.3 Å². The van der Waals surface area contributed by atoms with E-state index in [0.29, 0.717) is 6.04 Å². The summed E-state index contributed by atoms with van der Waals surface area (Å²) in [6.45, 7) is 6.64. The first-order valence-corrected chi connectivity index (χ1v) is 8.91. The highest BCUT2D eigenvalue weighted by molar-refractivity contribution is 7.10. The number of likely N-dealkylation sites (N-methyl/N-ethyl adjacent to an activating group) is 1. The first-order chi connectivity index (χ1) is 10.8. The van der Waals surface area contributed by atoms with E-state index in [0.717, 1.165) is 39.3 Å². The van der Waals surface area contributed by atoms with E-state index in [2.05, 4.69) is 70.0 Å². The summed E-state index contributed by atoms with van der Waals surface area (Å²) in [4.78, 5) is 6.54. The van der Waals surface area contributed by atoms with Crippen molar-refractivity contribution in [2.75, 3.05) is 39.8 Å². The minimum Gasteiger partial charge on any atom is -0.314 e. The highest BCUT2D eigenvalue weighted by Crippen LogP contribution is 2.26. The van der Waals surface area contributed by atoms with Crippen LogP contribution in [0.3, 0.4) is 0 Å². The van der Waals surface area contributed by atoms with Crippen molar-refractivity contribution in [3.8, 4) is 0 Å². The second-order valence-corrected chi connectivity index (χ2v) is 6.96. The van der Waals surface area contributed by atoms with Crippen molar-refractivity contribution >= 4 is 11.3 Å². The van der Waals surface area contributed by atoms with Gasteiger partial charge in [-0.3, -0.25) is 9.80 Å². The number of piperazine rings is 1. The van der Waals surface area contributed by atoms with Crippen LogP contribution in [0.5, 0.6) is 0 Å². The van der Waals surface area contributed by atoms with Crippen LogP contribution in [0, 0.1) is 0 Å². The quantitative estimate of drug-likeness (QED) is 0.884. The van der Waals surface area contributed by atoms with Crippen LogP contribution in [0.2, 0.25) is 0 Å². The molecule has 0 spiro atoms. The molecule has 0 bridgehead atoms. The van der Waals surface area contributed by atoms with Gasteiger partial charge in [-0.05, 0) is 24.1 Å². The highest BCUT2D eigenvalue weighted by atomic mass is 32.1. The van der Waals surface area contributed by atoms with Crippen molar-refractivity contribution in [3.05, 3.63) is 58.3 Å². The van der Waals surface area contributed by atoms with E-state index in [9.17, 15) is 0 Å². The number of thiophene rings is 1. The maximum Gasteiger partial charge on any atom is 0.0569 e. The number of nitrogens with zero attached hydrogens (tertiary/aromatic N) is 2. The molecule has 118 valence electrons. The molecule has 2 heterocycles. The Morgan fingerprint density at radius 1 is 1.14 bits per heavy atom. The first-order valence-electron chi connectivity index (χ1n) is 8.03. The van der Waals surface area contributed by atoms with Gasteiger partial charge >= 0.3 is 0 Å². The zero-order valence-electron chi connectivity index (χ0n) is 13.2. The summed E-state index contributed by atoms with van der Waals surface area (Å²) >= 11 is 1.87. The van der Waals surface area contributed by atoms with Crippen LogP contribution in [-0.2, 0) is 6.54 Å². The lowest BCUT2D eigenvalue weighted by Gasteiger charge is -2.35. The van der Waals surface area contributed by atoms with Crippen LogP contribution in [-0.4, -0.2) is 49.6 Å². The van der Waals surface area contributed by atoms with Gasteiger partial charge in [-0.25, -0.2) is 0 Å². The van der Waals surface area contributed by atoms with Gasteiger partial charge in [0.1, 0.15) is 0 Å². The molecule has 1 unspecified atom stereocenters. The average molecular weight is 315 g/mol. The topological polar surface area (TPSA) is 18.5 Å². The molecular formula is C18H25N3S. The highest BCUT2D eigenvalue weighted by Gasteiger charge is 2.22. The maximum atomic E-state index is 3.44. The van der Waals surface area contributed by atoms with Crippen LogP contribution in [0.15, 0.2) is 47.8 Å². The Balaban J connectivity index is 1.70. The molecule has 1 aromatic carbocycles. The molecule has 1 aliphatic rings. The van der Waals surface area contributed by atoms with E-state index in [4.69, 9.17) is 0 Å². The fraction of sp³-hybridized carbons (Fsp3) is 0.444. The van der Waals surface area contributed by atoms with E-state index in [1.165, 1.54) is 10.4 Å². The van der Waals surface area contributed by atoms with Crippen LogP contribution in [0.4, 0.5) is 0 Å². The van der Waals surface area contributed by atoms with E-state index < -0.39 is 0 Å². The van der Waals surface area contributed by atoms with Crippen LogP contribution < -0.4 is 5.32 Å². The Kier molecular flexibility index (Phi) is 5.62. The van der Waals surface area contributed by atoms with Crippen molar-refractivity contribution in [3.63, 3.8) is 0 Å². The average Bonchev–Trinajstić information content (AvgIpc) is 3.08. The molecule has 0 radical (unpaired) electrons. The van der Waals surface area contributed by atoms with Crippen LogP contribution in [0.1, 0.15) is 16.5 Å². The van der Waals surface area contributed by atoms with Crippen molar-refractivity contribution in [2.24, 2.45) is 0 Å². The summed E-state index contributed by atoms with van der Waals surface area (Å²) in [5.41, 5.74) is 1.38. The normalized spacial score (nSPS) is 17.7. The first kappa shape index (κ1) is 15.7. The molecule has 22 heavy (non-hydrogen) atoms. The number of rotatable bonds is 6. The number of benzene rings is 1. The Labute approximate surface area is 137 Å². The molecule has 1 atom stereocenters. The minimum atomic E-state index is 0.471. The summed E-state index contributed by atoms with van der Waals surface area (Å²) < 4.78 is 0. The maximum absolute atomic E-state index is 3.44. The third-order valence-electron chi connectivity index (χ3n) is 4.32. The van der Waals surface area contributed by atoms with Gasteiger partial charge in [-0.2, -0.15) is 0 Å². The van der Waals surface area contributed by atoms with E-state index in [1.54, 1.807) is 0 Å². The summed E-state index contributed by atoms with van der Waals surface area (Å²) in [6, 6.07) is 15.7. The molecule has 4 heteroatoms. The van der Waals surface area contributed by atoms with Gasteiger partial charge in [0.2, 0.25) is 0 Å². The zero-order chi connectivity index (χ0) is 15.2. The largest absolute Gasteiger partial charge is 0.314 e. The summed E-state index contributed by atoms with van der Waals surface area (Å²) in [6.07, 6.45) is 0. The molecule has 1 fully saturated rings. The van der Waals surface area contributed by atoms with E-state index in [1.807, 2.05) is 11.3 Å². The Hall–Kier alpha value is -1.20. The third kappa shape index (κ3) is 4.17. The van der Waals surface area contributed by atoms with Crippen molar-refractivity contribution < 1.29 is 0 Å². The summed E-state index contributed by atoms with van der Waals surface area (Å²) in [5, 5.41) is 5.63. The van der Waals surface area contributed by atoms with Crippen molar-refractivity contribution in [2.45, 2.75) is 12.6 Å². The molecule has 3 rings (SSSR count). The molecular weight excluding hydrogens is 290 g/mol. The standard InChI is InChI=1S/C18H25N3S/c1-20(14-16-6-3-2-4-7-16)17(18-8-5-13-22-18)15-21-11-9-19-10-12-21/h2-8,13,17,19H,9-12,14-15H2,1H3. The number of hydrogen-bond donors (Lipinski definition) is 1. The fourth-order valence-electron chi connectivity index (χ4n) is 3.05. The zero-order valence-corrected chi connectivity index (χ0v) is 14.1. The third-order valence-corrected chi connectivity index (χ3v) is 5.29. The fourth-order valence-corrected chi connectivity index (χ4v) is 3.93. The molecule has 1 N–H and O–H groups in total. The van der Waals surface area contributed by atoms with Crippen molar-refractivity contribution in [1.29, 1.82) is 0 Å². The SMILES string of the molecule is CN(Cc1ccccc1)C(CN1CCNCC1)c1cccs1. The number of nitrogens with one attached hydrogen (secondary N) is 1. The lowest BCUT2D eigenvalue weighted by atomic mass is 10.1. The predicted octanol–water partition coefficient (Wildman–Crippen LogP) is 2.83. The summed E-state index contributed by atoms with van der Waals surface area (Å²) in [5.74, 6) is 0. The Morgan fingerprint density at radius 3 is 2.59 bits per heavy atom. The predicted molar refractivity (Wildman–Crippen MR) is 94.3 cm³/mol. The second kappa shape index (κ2) is 7.88. The monoisotopic (exact) mass is 315 g/mol. The van der Waals surface area contributed by atoms with Crippen LogP contribution >= 0.6 is 11.3 Å². The second-order valence-electron chi connectivity index (χ2n) is 5.98. The summed E-state index contributed by atoms with van der Waals surface area (Å²) in [7, 11) is 2.25. The Morgan fingerprint density at radius 2 is 1.91 bits per heavy atom. The van der Waals surface area contributed by atoms with Gasteiger partial charge in [0, 0.05) is 44.1 Å². The lowest BCUT2D eigenvalue weighted by Crippen LogP contribution is -2.46. The van der Waals surface area contributed by atoms with E-state index >= 15 is 0 Å². The molecule has 3 nitrogen and oxygen atoms in total. The lowest BCUT2D eigenvalue weighted by molar-refractivity contribution is 0.148. The molecule has 0 amide bonds. The smallest absolute Gasteiger partial charge is 0.0569 e. The molecule has 1 aliphatic heterocycles. The minimum absolute atomic E-state index is 0.471. The van der Waals surface area contributed by atoms with E-state index in [-0.39, 0.29) is 0 Å². The van der Waals surface area contributed by atoms with Gasteiger partial charge in [-0.1, -0.05) is 36.4 Å². The molecule has 1 aromatic heterocycles. The van der Waals surface area contributed by atoms with Crippen molar-refractivity contribution in [1.82, 2.24) is 15.1 Å². The Bertz CT molecular complexity index is 535. The molecule has 0 aliphatic carbocycles. The van der Waals surface area contributed by atoms with Gasteiger partial charge < -0.3 is 5.32 Å². The van der Waals surface area contributed by atoms with Gasteiger partial charge in [0.25, 0.3) is 0 Å². The molecule has 0 saturated carbocycles. The van der Waals surface area contributed by atoms with Gasteiger partial charge in [0.15, 0.2) is 0 Å².